The predicted molar refractivity (Wildman–Crippen MR) is 72.6 cm³/mol. The topological polar surface area (TPSA) is 82.1 Å². The second kappa shape index (κ2) is 7.44. The SMILES string of the molecule is O=C(O)CN1CCCN(C(=O)NC2CCOCC2)CC1. The van der Waals surface area contributed by atoms with Gasteiger partial charge in [0.25, 0.3) is 0 Å². The highest BCUT2D eigenvalue weighted by atomic mass is 16.5. The fraction of sp³-hybridized carbons (Fsp3) is 0.846. The summed E-state index contributed by atoms with van der Waals surface area (Å²) in [5, 5.41) is 11.8. The Morgan fingerprint density at radius 1 is 1.15 bits per heavy atom. The van der Waals surface area contributed by atoms with Gasteiger partial charge in [0.2, 0.25) is 0 Å². The first kappa shape index (κ1) is 15.1. The Hall–Kier alpha value is -1.34. The van der Waals surface area contributed by atoms with Crippen LogP contribution in [-0.2, 0) is 9.53 Å². The van der Waals surface area contributed by atoms with Crippen molar-refractivity contribution in [3.63, 3.8) is 0 Å². The molecule has 114 valence electrons. The summed E-state index contributed by atoms with van der Waals surface area (Å²) >= 11 is 0. The molecule has 7 heteroatoms. The second-order valence-corrected chi connectivity index (χ2v) is 5.35. The third-order valence-electron chi connectivity index (χ3n) is 3.78. The molecule has 0 aromatic heterocycles. The van der Waals surface area contributed by atoms with Gasteiger partial charge in [0.05, 0.1) is 6.54 Å². The number of aliphatic carboxylic acids is 1. The third kappa shape index (κ3) is 4.64. The van der Waals surface area contributed by atoms with Crippen LogP contribution in [0.15, 0.2) is 0 Å². The molecular formula is C13H23N3O4. The van der Waals surface area contributed by atoms with Crippen LogP contribution in [0.4, 0.5) is 4.79 Å². The normalized spacial score (nSPS) is 22.3. The number of hydrogen-bond acceptors (Lipinski definition) is 4. The van der Waals surface area contributed by atoms with E-state index in [1.54, 1.807) is 4.90 Å². The lowest BCUT2D eigenvalue weighted by Crippen LogP contribution is -2.47. The van der Waals surface area contributed by atoms with Crippen LogP contribution >= 0.6 is 0 Å². The van der Waals surface area contributed by atoms with Crippen LogP contribution in [0.1, 0.15) is 19.3 Å². The number of carboxylic acid groups (broad SMARTS) is 1. The van der Waals surface area contributed by atoms with Crippen LogP contribution in [0, 0.1) is 0 Å². The summed E-state index contributed by atoms with van der Waals surface area (Å²) in [6.07, 6.45) is 2.55. The van der Waals surface area contributed by atoms with Crippen LogP contribution < -0.4 is 5.32 Å². The molecule has 0 aromatic rings. The zero-order chi connectivity index (χ0) is 14.4. The van der Waals surface area contributed by atoms with Crippen molar-refractivity contribution < 1.29 is 19.4 Å². The van der Waals surface area contributed by atoms with Crippen LogP contribution in [0.3, 0.4) is 0 Å². The maximum Gasteiger partial charge on any atom is 0.317 e. The lowest BCUT2D eigenvalue weighted by Gasteiger charge is -2.27. The fourth-order valence-electron chi connectivity index (χ4n) is 2.63. The number of amides is 2. The lowest BCUT2D eigenvalue weighted by molar-refractivity contribution is -0.138. The number of hydrogen-bond donors (Lipinski definition) is 2. The van der Waals surface area contributed by atoms with E-state index in [-0.39, 0.29) is 18.6 Å². The van der Waals surface area contributed by atoms with E-state index in [0.717, 1.165) is 25.8 Å². The van der Waals surface area contributed by atoms with Crippen LogP contribution in [0.5, 0.6) is 0 Å². The second-order valence-electron chi connectivity index (χ2n) is 5.35. The molecule has 20 heavy (non-hydrogen) atoms. The molecule has 2 rings (SSSR count). The molecule has 7 nitrogen and oxygen atoms in total. The van der Waals surface area contributed by atoms with E-state index in [2.05, 4.69) is 5.32 Å². The lowest BCUT2D eigenvalue weighted by atomic mass is 10.1. The first-order valence-electron chi connectivity index (χ1n) is 7.22. The molecule has 2 N–H and O–H groups in total. The Labute approximate surface area is 118 Å². The Kier molecular flexibility index (Phi) is 5.60. The molecule has 0 aliphatic carbocycles. The van der Waals surface area contributed by atoms with Gasteiger partial charge in [0, 0.05) is 45.4 Å². The van der Waals surface area contributed by atoms with Gasteiger partial charge in [-0.05, 0) is 19.3 Å². The first-order chi connectivity index (χ1) is 9.65. The highest BCUT2D eigenvalue weighted by Gasteiger charge is 2.23. The number of carbonyl (C=O) groups excluding carboxylic acids is 1. The first-order valence-corrected chi connectivity index (χ1v) is 7.22. The van der Waals surface area contributed by atoms with Gasteiger partial charge < -0.3 is 20.1 Å². The Morgan fingerprint density at radius 2 is 1.90 bits per heavy atom. The predicted octanol–water partition coefficient (Wildman–Crippen LogP) is -0.0327. The summed E-state index contributed by atoms with van der Waals surface area (Å²) in [5.41, 5.74) is 0. The van der Waals surface area contributed by atoms with E-state index in [4.69, 9.17) is 9.84 Å². The molecule has 0 spiro atoms. The van der Waals surface area contributed by atoms with Gasteiger partial charge in [0.1, 0.15) is 0 Å². The molecule has 2 fully saturated rings. The number of rotatable bonds is 3. The maximum atomic E-state index is 12.2. The highest BCUT2D eigenvalue weighted by molar-refractivity contribution is 5.74. The Morgan fingerprint density at radius 3 is 2.60 bits per heavy atom. The number of nitrogens with one attached hydrogen (secondary N) is 1. The molecule has 0 bridgehead atoms. The standard InChI is InChI=1S/C13H23N3O4/c17-12(18)10-15-4-1-5-16(7-6-15)13(19)14-11-2-8-20-9-3-11/h11H,1-10H2,(H,14,19)(H,17,18). The van der Waals surface area contributed by atoms with Crippen LogP contribution in [-0.4, -0.2) is 78.9 Å². The maximum absolute atomic E-state index is 12.2. The van der Waals surface area contributed by atoms with E-state index in [0.29, 0.717) is 32.8 Å². The summed E-state index contributed by atoms with van der Waals surface area (Å²) in [6, 6.07) is 0.170. The van der Waals surface area contributed by atoms with Crippen LogP contribution in [0.2, 0.25) is 0 Å². The smallest absolute Gasteiger partial charge is 0.317 e. The molecule has 2 saturated heterocycles. The van der Waals surface area contributed by atoms with Gasteiger partial charge in [0.15, 0.2) is 0 Å². The molecule has 2 aliphatic rings. The Balaban J connectivity index is 1.77. The van der Waals surface area contributed by atoms with Crippen molar-refractivity contribution in [2.45, 2.75) is 25.3 Å². The summed E-state index contributed by atoms with van der Waals surface area (Å²) in [4.78, 5) is 26.6. The zero-order valence-corrected chi connectivity index (χ0v) is 11.7. The summed E-state index contributed by atoms with van der Waals surface area (Å²) in [5.74, 6) is -0.815. The van der Waals surface area contributed by atoms with Gasteiger partial charge in [-0.2, -0.15) is 0 Å². The summed E-state index contributed by atoms with van der Waals surface area (Å²) in [7, 11) is 0. The molecule has 0 aromatic carbocycles. The molecule has 0 radical (unpaired) electrons. The van der Waals surface area contributed by atoms with Crippen LogP contribution in [0.25, 0.3) is 0 Å². The third-order valence-corrected chi connectivity index (χ3v) is 3.78. The average molecular weight is 285 g/mol. The molecule has 0 saturated carbocycles. The average Bonchev–Trinajstić information content (AvgIpc) is 2.65. The minimum Gasteiger partial charge on any atom is -0.480 e. The zero-order valence-electron chi connectivity index (χ0n) is 11.7. The van der Waals surface area contributed by atoms with Crippen molar-refractivity contribution in [1.29, 1.82) is 0 Å². The van der Waals surface area contributed by atoms with Crippen molar-refractivity contribution in [2.24, 2.45) is 0 Å². The molecule has 2 amide bonds. The largest absolute Gasteiger partial charge is 0.480 e. The highest BCUT2D eigenvalue weighted by Crippen LogP contribution is 2.08. The minimum atomic E-state index is -0.815. The number of urea groups is 1. The van der Waals surface area contributed by atoms with Crippen molar-refractivity contribution in [3.05, 3.63) is 0 Å². The summed E-state index contributed by atoms with van der Waals surface area (Å²) < 4.78 is 5.27. The number of nitrogens with zero attached hydrogens (tertiary/aromatic N) is 2. The van der Waals surface area contributed by atoms with E-state index >= 15 is 0 Å². The van der Waals surface area contributed by atoms with E-state index in [1.165, 1.54) is 0 Å². The van der Waals surface area contributed by atoms with Gasteiger partial charge in [-0.3, -0.25) is 9.69 Å². The van der Waals surface area contributed by atoms with E-state index in [1.807, 2.05) is 4.90 Å². The fourth-order valence-corrected chi connectivity index (χ4v) is 2.63. The van der Waals surface area contributed by atoms with Gasteiger partial charge in [-0.25, -0.2) is 4.79 Å². The van der Waals surface area contributed by atoms with Crippen molar-refractivity contribution in [2.75, 3.05) is 45.9 Å². The quantitative estimate of drug-likeness (QED) is 0.761. The number of ether oxygens (including phenoxy) is 1. The molecule has 0 unspecified atom stereocenters. The van der Waals surface area contributed by atoms with Crippen molar-refractivity contribution in [1.82, 2.24) is 15.1 Å². The molecule has 0 atom stereocenters. The van der Waals surface area contributed by atoms with E-state index < -0.39 is 5.97 Å². The molecular weight excluding hydrogens is 262 g/mol. The van der Waals surface area contributed by atoms with Crippen molar-refractivity contribution in [3.8, 4) is 0 Å². The van der Waals surface area contributed by atoms with Gasteiger partial charge >= 0.3 is 12.0 Å². The number of carboxylic acids is 1. The number of carbonyl (C=O) groups is 2. The van der Waals surface area contributed by atoms with Crippen molar-refractivity contribution >= 4 is 12.0 Å². The molecule has 2 aliphatic heterocycles. The summed E-state index contributed by atoms with van der Waals surface area (Å²) in [6.45, 7) is 4.08. The minimum absolute atomic E-state index is 0.0333. The molecule has 2 heterocycles. The monoisotopic (exact) mass is 285 g/mol. The van der Waals surface area contributed by atoms with E-state index in [9.17, 15) is 9.59 Å². The van der Waals surface area contributed by atoms with Gasteiger partial charge in [-0.15, -0.1) is 0 Å². The Bertz CT molecular complexity index is 345. The van der Waals surface area contributed by atoms with Gasteiger partial charge in [-0.1, -0.05) is 0 Å².